The summed E-state index contributed by atoms with van der Waals surface area (Å²) in [6.45, 7) is 3.05. The smallest absolute Gasteiger partial charge is 0.263 e. The molecule has 0 radical (unpaired) electrons. The Morgan fingerprint density at radius 3 is 2.42 bits per heavy atom. The Labute approximate surface area is 144 Å². The van der Waals surface area contributed by atoms with Crippen LogP contribution in [0.3, 0.4) is 0 Å². The molecule has 2 amide bonds. The number of thiophene rings is 1. The fourth-order valence-electron chi connectivity index (χ4n) is 3.00. The van der Waals surface area contributed by atoms with Gasteiger partial charge < -0.3 is 10.6 Å². The summed E-state index contributed by atoms with van der Waals surface area (Å²) in [5, 5.41) is 0. The molecule has 0 atom stereocenters. The van der Waals surface area contributed by atoms with Gasteiger partial charge in [-0.3, -0.25) is 9.59 Å². The van der Waals surface area contributed by atoms with Gasteiger partial charge in [0, 0.05) is 23.9 Å². The van der Waals surface area contributed by atoms with E-state index in [0.29, 0.717) is 30.8 Å². The molecule has 2 N–H and O–H groups in total. The van der Waals surface area contributed by atoms with Crippen molar-refractivity contribution in [3.63, 3.8) is 0 Å². The number of likely N-dealkylation sites (tertiary alicyclic amines) is 1. The maximum atomic E-state index is 13.1. The van der Waals surface area contributed by atoms with E-state index in [1.54, 1.807) is 17.0 Å². The number of amides is 2. The monoisotopic (exact) mass is 346 g/mol. The molecule has 0 unspecified atom stereocenters. The molecule has 3 rings (SSSR count). The van der Waals surface area contributed by atoms with Gasteiger partial charge in [-0.15, -0.1) is 11.3 Å². The fraction of sp³-hybridized carbons (Fsp3) is 0.333. The van der Waals surface area contributed by atoms with Crippen molar-refractivity contribution in [3.8, 4) is 10.4 Å². The predicted octanol–water partition coefficient (Wildman–Crippen LogP) is 3.20. The van der Waals surface area contributed by atoms with Crippen LogP contribution in [0.25, 0.3) is 10.4 Å². The van der Waals surface area contributed by atoms with Crippen molar-refractivity contribution in [1.29, 1.82) is 0 Å². The lowest BCUT2D eigenvalue weighted by molar-refractivity contribution is -0.123. The third kappa shape index (κ3) is 3.33. The predicted molar refractivity (Wildman–Crippen MR) is 92.3 cm³/mol. The number of rotatable bonds is 3. The van der Waals surface area contributed by atoms with Gasteiger partial charge in [-0.05, 0) is 49.1 Å². The number of aryl methyl sites for hydroxylation is 1. The van der Waals surface area contributed by atoms with Crippen molar-refractivity contribution in [2.75, 3.05) is 13.1 Å². The van der Waals surface area contributed by atoms with Crippen LogP contribution in [0.2, 0.25) is 0 Å². The maximum Gasteiger partial charge on any atom is 0.263 e. The summed E-state index contributed by atoms with van der Waals surface area (Å²) in [7, 11) is 0. The van der Waals surface area contributed by atoms with Crippen molar-refractivity contribution in [2.45, 2.75) is 19.8 Å². The molecular weight excluding hydrogens is 327 g/mol. The number of carbonyl (C=O) groups excluding carboxylic acids is 2. The highest BCUT2D eigenvalue weighted by molar-refractivity contribution is 7.17. The molecule has 126 valence electrons. The van der Waals surface area contributed by atoms with Crippen molar-refractivity contribution in [3.05, 3.63) is 46.6 Å². The average Bonchev–Trinajstić information content (AvgIpc) is 2.97. The Kier molecular flexibility index (Phi) is 4.66. The van der Waals surface area contributed by atoms with Crippen molar-refractivity contribution >= 4 is 23.2 Å². The molecule has 1 aromatic heterocycles. The SMILES string of the molecule is Cc1cc(C(=O)N2CCC(C(N)=O)CC2)sc1-c1ccc(F)cc1. The highest BCUT2D eigenvalue weighted by atomic mass is 32.1. The number of hydrogen-bond donors (Lipinski definition) is 1. The quantitative estimate of drug-likeness (QED) is 0.927. The molecule has 1 aliphatic heterocycles. The van der Waals surface area contributed by atoms with Gasteiger partial charge in [0.2, 0.25) is 5.91 Å². The topological polar surface area (TPSA) is 63.4 Å². The van der Waals surface area contributed by atoms with E-state index in [-0.39, 0.29) is 23.5 Å². The standard InChI is InChI=1S/C18H19FN2O2S/c1-11-10-15(24-16(11)12-2-4-14(19)5-3-12)18(23)21-8-6-13(7-9-21)17(20)22/h2-5,10,13H,6-9H2,1H3,(H2,20,22). The Morgan fingerprint density at radius 1 is 1.21 bits per heavy atom. The second kappa shape index (κ2) is 6.73. The molecule has 0 aliphatic carbocycles. The number of carbonyl (C=O) groups is 2. The van der Waals surface area contributed by atoms with Crippen LogP contribution in [0.5, 0.6) is 0 Å². The Morgan fingerprint density at radius 2 is 1.83 bits per heavy atom. The largest absolute Gasteiger partial charge is 0.369 e. The summed E-state index contributed by atoms with van der Waals surface area (Å²) in [4.78, 5) is 27.3. The molecule has 24 heavy (non-hydrogen) atoms. The number of nitrogens with two attached hydrogens (primary N) is 1. The maximum absolute atomic E-state index is 13.1. The number of primary amides is 1. The van der Waals surface area contributed by atoms with Crippen LogP contribution >= 0.6 is 11.3 Å². The molecule has 1 fully saturated rings. The Hall–Kier alpha value is -2.21. The molecular formula is C18H19FN2O2S. The lowest BCUT2D eigenvalue weighted by Crippen LogP contribution is -2.41. The van der Waals surface area contributed by atoms with Crippen LogP contribution in [-0.2, 0) is 4.79 Å². The summed E-state index contributed by atoms with van der Waals surface area (Å²) in [5.74, 6) is -0.706. The molecule has 1 aromatic carbocycles. The summed E-state index contributed by atoms with van der Waals surface area (Å²) in [6, 6.07) is 8.17. The molecule has 2 heterocycles. The van der Waals surface area contributed by atoms with E-state index in [4.69, 9.17) is 5.73 Å². The summed E-state index contributed by atoms with van der Waals surface area (Å²) >= 11 is 1.42. The highest BCUT2D eigenvalue weighted by Crippen LogP contribution is 2.33. The zero-order chi connectivity index (χ0) is 17.3. The first-order valence-corrected chi connectivity index (χ1v) is 8.72. The minimum absolute atomic E-state index is 0.0145. The lowest BCUT2D eigenvalue weighted by atomic mass is 9.96. The first-order valence-electron chi connectivity index (χ1n) is 7.90. The zero-order valence-corrected chi connectivity index (χ0v) is 14.2. The lowest BCUT2D eigenvalue weighted by Gasteiger charge is -2.30. The van der Waals surface area contributed by atoms with Crippen LogP contribution in [0.15, 0.2) is 30.3 Å². The molecule has 4 nitrogen and oxygen atoms in total. The number of nitrogens with zero attached hydrogens (tertiary/aromatic N) is 1. The van der Waals surface area contributed by atoms with E-state index >= 15 is 0 Å². The van der Waals surface area contributed by atoms with E-state index in [1.165, 1.54) is 23.5 Å². The Bertz CT molecular complexity index is 762. The molecule has 1 saturated heterocycles. The van der Waals surface area contributed by atoms with Crippen LogP contribution in [0.4, 0.5) is 4.39 Å². The highest BCUT2D eigenvalue weighted by Gasteiger charge is 2.27. The van der Waals surface area contributed by atoms with Crippen LogP contribution in [-0.4, -0.2) is 29.8 Å². The van der Waals surface area contributed by atoms with E-state index in [2.05, 4.69) is 0 Å². The second-order valence-corrected chi connectivity index (χ2v) is 7.15. The normalized spacial score (nSPS) is 15.5. The van der Waals surface area contributed by atoms with Gasteiger partial charge in [-0.2, -0.15) is 0 Å². The minimum Gasteiger partial charge on any atom is -0.369 e. The van der Waals surface area contributed by atoms with E-state index in [0.717, 1.165) is 16.0 Å². The van der Waals surface area contributed by atoms with Crippen molar-refractivity contribution in [2.24, 2.45) is 11.7 Å². The van der Waals surface area contributed by atoms with E-state index in [9.17, 15) is 14.0 Å². The molecule has 0 saturated carbocycles. The molecule has 0 bridgehead atoms. The van der Waals surface area contributed by atoms with Gasteiger partial charge in [0.05, 0.1) is 4.88 Å². The summed E-state index contributed by atoms with van der Waals surface area (Å²) in [6.07, 6.45) is 1.24. The second-order valence-electron chi connectivity index (χ2n) is 6.10. The summed E-state index contributed by atoms with van der Waals surface area (Å²) < 4.78 is 13.1. The van der Waals surface area contributed by atoms with Gasteiger partial charge in [0.25, 0.3) is 5.91 Å². The molecule has 6 heteroatoms. The fourth-order valence-corrected chi connectivity index (χ4v) is 4.14. The number of piperidine rings is 1. The number of hydrogen-bond acceptors (Lipinski definition) is 3. The molecule has 2 aromatic rings. The summed E-state index contributed by atoms with van der Waals surface area (Å²) in [5.41, 5.74) is 7.24. The van der Waals surface area contributed by atoms with Gasteiger partial charge in [0.1, 0.15) is 5.82 Å². The first-order chi connectivity index (χ1) is 11.5. The number of benzene rings is 1. The van der Waals surface area contributed by atoms with Gasteiger partial charge in [-0.1, -0.05) is 12.1 Å². The van der Waals surface area contributed by atoms with Gasteiger partial charge >= 0.3 is 0 Å². The van der Waals surface area contributed by atoms with Crippen molar-refractivity contribution in [1.82, 2.24) is 4.90 Å². The minimum atomic E-state index is -0.285. The van der Waals surface area contributed by atoms with Crippen LogP contribution < -0.4 is 5.73 Å². The van der Waals surface area contributed by atoms with Gasteiger partial charge in [0.15, 0.2) is 0 Å². The zero-order valence-electron chi connectivity index (χ0n) is 13.4. The third-order valence-electron chi connectivity index (χ3n) is 4.42. The third-order valence-corrected chi connectivity index (χ3v) is 5.69. The molecule has 1 aliphatic rings. The first kappa shape index (κ1) is 16.6. The van der Waals surface area contributed by atoms with Crippen molar-refractivity contribution < 1.29 is 14.0 Å². The number of halogens is 1. The van der Waals surface area contributed by atoms with E-state index < -0.39 is 0 Å². The van der Waals surface area contributed by atoms with Crippen LogP contribution in [0, 0.1) is 18.7 Å². The van der Waals surface area contributed by atoms with E-state index in [1.807, 2.05) is 13.0 Å². The average molecular weight is 346 g/mol. The van der Waals surface area contributed by atoms with Crippen LogP contribution in [0.1, 0.15) is 28.1 Å². The Balaban J connectivity index is 1.76. The molecule has 0 spiro atoms. The van der Waals surface area contributed by atoms with Gasteiger partial charge in [-0.25, -0.2) is 4.39 Å².